The van der Waals surface area contributed by atoms with Crippen LogP contribution in [0.25, 0.3) is 22.6 Å². The standard InChI is InChI=1S/C26H32N4O5SSi/c1-5-36(32,33)25-10-9-20(16-28-25)35-24-15-23-22(14-19(24)17-31)29-26(21-8-6-7-11-27-21)30(23)18-34-12-13-37(2,3)4/h6-11,14-16,31H,5,12-13,17-18H2,1-4H3. The molecule has 0 saturated heterocycles. The van der Waals surface area contributed by atoms with Crippen molar-refractivity contribution in [3.8, 4) is 23.0 Å². The summed E-state index contributed by atoms with van der Waals surface area (Å²) >= 11 is 0. The predicted molar refractivity (Wildman–Crippen MR) is 145 cm³/mol. The van der Waals surface area contributed by atoms with Crippen molar-refractivity contribution >= 4 is 28.9 Å². The Balaban J connectivity index is 1.72. The topological polar surface area (TPSA) is 116 Å². The number of benzene rings is 1. The molecule has 0 bridgehead atoms. The first-order chi connectivity index (χ1) is 17.6. The van der Waals surface area contributed by atoms with Gasteiger partial charge in [0.2, 0.25) is 0 Å². The Labute approximate surface area is 218 Å². The molecule has 11 heteroatoms. The zero-order chi connectivity index (χ0) is 26.6. The number of hydrogen-bond acceptors (Lipinski definition) is 8. The molecule has 0 fully saturated rings. The molecule has 1 aromatic carbocycles. The fourth-order valence-corrected chi connectivity index (χ4v) is 5.20. The minimum Gasteiger partial charge on any atom is -0.455 e. The van der Waals surface area contributed by atoms with E-state index in [1.807, 2.05) is 22.8 Å². The van der Waals surface area contributed by atoms with Gasteiger partial charge in [0.25, 0.3) is 0 Å². The molecular formula is C26H32N4O5SSi. The van der Waals surface area contributed by atoms with Crippen molar-refractivity contribution in [3.05, 3.63) is 60.4 Å². The summed E-state index contributed by atoms with van der Waals surface area (Å²) in [6.07, 6.45) is 3.08. The highest BCUT2D eigenvalue weighted by molar-refractivity contribution is 7.91. The Morgan fingerprint density at radius 1 is 1.08 bits per heavy atom. The molecule has 4 aromatic rings. The maximum absolute atomic E-state index is 12.1. The van der Waals surface area contributed by atoms with Gasteiger partial charge in [0.05, 0.1) is 29.6 Å². The zero-order valence-corrected chi connectivity index (χ0v) is 23.3. The van der Waals surface area contributed by atoms with Crippen molar-refractivity contribution in [2.24, 2.45) is 0 Å². The Morgan fingerprint density at radius 3 is 2.51 bits per heavy atom. The first-order valence-corrected chi connectivity index (χ1v) is 17.5. The summed E-state index contributed by atoms with van der Waals surface area (Å²) < 4.78 is 38.2. The largest absolute Gasteiger partial charge is 0.455 e. The number of nitrogens with zero attached hydrogens (tertiary/aromatic N) is 4. The summed E-state index contributed by atoms with van der Waals surface area (Å²) in [5.41, 5.74) is 2.68. The van der Waals surface area contributed by atoms with E-state index in [4.69, 9.17) is 14.5 Å². The number of hydrogen-bond donors (Lipinski definition) is 1. The molecule has 37 heavy (non-hydrogen) atoms. The van der Waals surface area contributed by atoms with Gasteiger partial charge in [-0.1, -0.05) is 32.6 Å². The van der Waals surface area contributed by atoms with Crippen molar-refractivity contribution in [2.45, 2.75) is 51.0 Å². The van der Waals surface area contributed by atoms with E-state index >= 15 is 0 Å². The molecule has 0 saturated carbocycles. The van der Waals surface area contributed by atoms with Crippen LogP contribution in [0, 0.1) is 0 Å². The second kappa shape index (κ2) is 11.1. The molecule has 3 heterocycles. The first kappa shape index (κ1) is 26.9. The third-order valence-electron chi connectivity index (χ3n) is 5.85. The highest BCUT2D eigenvalue weighted by Crippen LogP contribution is 2.33. The van der Waals surface area contributed by atoms with Crippen LogP contribution in [0.15, 0.2) is 59.9 Å². The summed E-state index contributed by atoms with van der Waals surface area (Å²) in [6.45, 7) is 9.16. The Bertz CT molecular complexity index is 1470. The van der Waals surface area contributed by atoms with Gasteiger partial charge in [-0.25, -0.2) is 18.4 Å². The van der Waals surface area contributed by atoms with E-state index in [-0.39, 0.29) is 24.1 Å². The third-order valence-corrected chi connectivity index (χ3v) is 9.19. The monoisotopic (exact) mass is 540 g/mol. The van der Waals surface area contributed by atoms with Gasteiger partial charge in [-0.05, 0) is 36.4 Å². The smallest absolute Gasteiger partial charge is 0.195 e. The van der Waals surface area contributed by atoms with E-state index in [0.717, 1.165) is 11.6 Å². The lowest BCUT2D eigenvalue weighted by atomic mass is 10.2. The second-order valence-corrected chi connectivity index (χ2v) is 17.7. The van der Waals surface area contributed by atoms with Gasteiger partial charge in [-0.15, -0.1) is 0 Å². The molecule has 0 aliphatic rings. The van der Waals surface area contributed by atoms with E-state index in [0.29, 0.717) is 40.7 Å². The molecule has 0 spiro atoms. The summed E-state index contributed by atoms with van der Waals surface area (Å²) in [5, 5.41) is 10.0. The fraction of sp³-hybridized carbons (Fsp3) is 0.346. The number of rotatable bonds is 11. The van der Waals surface area contributed by atoms with E-state index in [9.17, 15) is 13.5 Å². The predicted octanol–water partition coefficient (Wildman–Crippen LogP) is 4.88. The number of fused-ring (bicyclic) bond motifs is 1. The van der Waals surface area contributed by atoms with Crippen LogP contribution in [-0.4, -0.2) is 53.5 Å². The van der Waals surface area contributed by atoms with E-state index in [1.54, 1.807) is 31.3 Å². The van der Waals surface area contributed by atoms with E-state index in [1.165, 1.54) is 12.3 Å². The number of imidazole rings is 1. The van der Waals surface area contributed by atoms with Crippen molar-refractivity contribution < 1.29 is 23.0 Å². The molecule has 1 N–H and O–H groups in total. The van der Waals surface area contributed by atoms with Gasteiger partial charge in [-0.3, -0.25) is 9.55 Å². The van der Waals surface area contributed by atoms with Crippen LogP contribution < -0.4 is 4.74 Å². The molecule has 0 aliphatic carbocycles. The number of aromatic nitrogens is 4. The van der Waals surface area contributed by atoms with E-state index < -0.39 is 17.9 Å². The minimum absolute atomic E-state index is 0.00581. The van der Waals surface area contributed by atoms with E-state index in [2.05, 4.69) is 29.6 Å². The van der Waals surface area contributed by atoms with Crippen LogP contribution >= 0.6 is 0 Å². The lowest BCUT2D eigenvalue weighted by Gasteiger charge is -2.16. The van der Waals surface area contributed by atoms with Crippen molar-refractivity contribution in [3.63, 3.8) is 0 Å². The summed E-state index contributed by atoms with van der Waals surface area (Å²) in [4.78, 5) is 13.3. The molecule has 9 nitrogen and oxygen atoms in total. The van der Waals surface area contributed by atoms with Gasteiger partial charge in [0, 0.05) is 32.5 Å². The van der Waals surface area contributed by atoms with Crippen LogP contribution in [0.1, 0.15) is 12.5 Å². The van der Waals surface area contributed by atoms with Crippen LogP contribution in [0.2, 0.25) is 25.7 Å². The molecule has 0 aliphatic heterocycles. The summed E-state index contributed by atoms with van der Waals surface area (Å²) in [6, 6.07) is 13.2. The molecule has 4 rings (SSSR count). The zero-order valence-electron chi connectivity index (χ0n) is 21.5. The minimum atomic E-state index is -3.41. The summed E-state index contributed by atoms with van der Waals surface area (Å²) in [7, 11) is -4.66. The van der Waals surface area contributed by atoms with Gasteiger partial charge < -0.3 is 14.6 Å². The molecule has 196 valence electrons. The van der Waals surface area contributed by atoms with Crippen LogP contribution in [0.5, 0.6) is 11.5 Å². The average Bonchev–Trinajstić information content (AvgIpc) is 3.23. The van der Waals surface area contributed by atoms with Crippen LogP contribution in [0.4, 0.5) is 0 Å². The van der Waals surface area contributed by atoms with Gasteiger partial charge in [0.1, 0.15) is 23.9 Å². The van der Waals surface area contributed by atoms with Crippen LogP contribution in [0.3, 0.4) is 0 Å². The third kappa shape index (κ3) is 6.42. The van der Waals surface area contributed by atoms with Crippen molar-refractivity contribution in [1.82, 2.24) is 19.5 Å². The molecular weight excluding hydrogens is 508 g/mol. The highest BCUT2D eigenvalue weighted by Gasteiger charge is 2.19. The average molecular weight is 541 g/mol. The quantitative estimate of drug-likeness (QED) is 0.211. The van der Waals surface area contributed by atoms with Crippen molar-refractivity contribution in [1.29, 1.82) is 0 Å². The maximum Gasteiger partial charge on any atom is 0.195 e. The van der Waals surface area contributed by atoms with Gasteiger partial charge >= 0.3 is 0 Å². The number of pyridine rings is 2. The normalized spacial score (nSPS) is 12.2. The maximum atomic E-state index is 12.1. The molecule has 0 amide bonds. The van der Waals surface area contributed by atoms with Gasteiger partial charge in [-0.2, -0.15) is 0 Å². The number of sulfone groups is 1. The van der Waals surface area contributed by atoms with Crippen molar-refractivity contribution in [2.75, 3.05) is 12.4 Å². The second-order valence-electron chi connectivity index (χ2n) is 9.87. The SMILES string of the molecule is CCS(=O)(=O)c1ccc(Oc2cc3c(cc2CO)nc(-c2ccccn2)n3COCC[Si](C)(C)C)cn1. The Kier molecular flexibility index (Phi) is 8.07. The molecule has 3 aromatic heterocycles. The lowest BCUT2D eigenvalue weighted by molar-refractivity contribution is 0.0909. The molecule has 0 radical (unpaired) electrons. The van der Waals surface area contributed by atoms with Crippen LogP contribution in [-0.2, 0) is 27.9 Å². The summed E-state index contributed by atoms with van der Waals surface area (Å²) in [5.74, 6) is 1.39. The first-order valence-electron chi connectivity index (χ1n) is 12.1. The molecule has 0 unspecified atom stereocenters. The molecule has 0 atom stereocenters. The number of ether oxygens (including phenoxy) is 2. The Morgan fingerprint density at radius 2 is 1.89 bits per heavy atom. The lowest BCUT2D eigenvalue weighted by Crippen LogP contribution is -2.22. The fourth-order valence-electron chi connectivity index (χ4n) is 3.66. The number of aliphatic hydroxyl groups is 1. The Hall–Kier alpha value is -3.12. The van der Waals surface area contributed by atoms with Gasteiger partial charge in [0.15, 0.2) is 20.7 Å². The number of aliphatic hydroxyl groups excluding tert-OH is 1. The highest BCUT2D eigenvalue weighted by atomic mass is 32.2.